The number of nitrogens with one attached hydrogen (secondary N) is 1. The van der Waals surface area contributed by atoms with Gasteiger partial charge in [-0.15, -0.1) is 0 Å². The number of cyclic esters (lactones) is 1. The summed E-state index contributed by atoms with van der Waals surface area (Å²) < 4.78 is 15.5. The number of fused-ring (bicyclic) bond motifs is 1. The zero-order chi connectivity index (χ0) is 18.8. The summed E-state index contributed by atoms with van der Waals surface area (Å²) >= 11 is 0. The van der Waals surface area contributed by atoms with Gasteiger partial charge >= 0.3 is 5.97 Å². The van der Waals surface area contributed by atoms with Crippen LogP contribution in [0.4, 0.5) is 0 Å². The van der Waals surface area contributed by atoms with E-state index in [1.807, 2.05) is 19.9 Å². The Labute approximate surface area is 151 Å². The van der Waals surface area contributed by atoms with Gasteiger partial charge in [-0.2, -0.15) is 0 Å². The molecule has 1 atom stereocenters. The van der Waals surface area contributed by atoms with Crippen LogP contribution in [0.15, 0.2) is 11.6 Å². The molecule has 0 aromatic heterocycles. The Kier molecular flexibility index (Phi) is 5.18. The Morgan fingerprint density at radius 1 is 1.42 bits per heavy atom. The van der Waals surface area contributed by atoms with Crippen LogP contribution in [0, 0.1) is 6.92 Å². The van der Waals surface area contributed by atoms with Gasteiger partial charge in [0.15, 0.2) is 6.23 Å². The predicted octanol–water partition coefficient (Wildman–Crippen LogP) is 2.12. The Morgan fingerprint density at radius 3 is 2.81 bits per heavy atom. The summed E-state index contributed by atoms with van der Waals surface area (Å²) in [6.45, 7) is 4.51. The molecule has 2 heterocycles. The van der Waals surface area contributed by atoms with Gasteiger partial charge in [0.05, 0.1) is 13.7 Å². The van der Waals surface area contributed by atoms with Crippen molar-refractivity contribution in [1.29, 1.82) is 0 Å². The lowest BCUT2D eigenvalue weighted by molar-refractivity contribution is -0.121. The molecule has 0 spiro atoms. The minimum absolute atomic E-state index is 0.0446. The van der Waals surface area contributed by atoms with Gasteiger partial charge in [-0.05, 0) is 32.3 Å². The van der Waals surface area contributed by atoms with Gasteiger partial charge in [0.25, 0.3) is 0 Å². The van der Waals surface area contributed by atoms with Crippen LogP contribution in [0.1, 0.15) is 46.8 Å². The summed E-state index contributed by atoms with van der Waals surface area (Å²) in [5, 5.41) is 13.3. The standard InChI is InChI=1S/C19H23NO6/c1-10(5-7-14(21)20-15-9-25-15)4-6-12-17(22)16-13(8-26-19(16)23)11(2)18(12)24-3/h4,15,22H,5-9H2,1-3H3,(H,20,21)/b10-4+/t15-/m0/s1. The third-order valence-corrected chi connectivity index (χ3v) is 4.70. The fourth-order valence-corrected chi connectivity index (χ4v) is 3.10. The van der Waals surface area contributed by atoms with Gasteiger partial charge in [0.2, 0.25) is 5.91 Å². The minimum Gasteiger partial charge on any atom is -0.507 e. The highest BCUT2D eigenvalue weighted by Gasteiger charge is 2.31. The second-order valence-electron chi connectivity index (χ2n) is 6.56. The molecule has 0 saturated carbocycles. The van der Waals surface area contributed by atoms with E-state index in [-0.39, 0.29) is 30.1 Å². The number of rotatable bonds is 7. The SMILES string of the molecule is COc1c(C)c2c(c(O)c1C/C=C(\C)CCC(=O)N[C@@H]1CO1)C(=O)OC2. The second kappa shape index (κ2) is 7.37. The van der Waals surface area contributed by atoms with Crippen molar-refractivity contribution in [2.24, 2.45) is 0 Å². The topological polar surface area (TPSA) is 97.4 Å². The molecule has 0 bridgehead atoms. The largest absolute Gasteiger partial charge is 0.507 e. The highest BCUT2D eigenvalue weighted by molar-refractivity contribution is 5.98. The number of allylic oxidation sites excluding steroid dienone is 2. The molecule has 2 aliphatic rings. The number of hydrogen-bond acceptors (Lipinski definition) is 6. The quantitative estimate of drug-likeness (QED) is 0.439. The molecule has 1 amide bonds. The number of hydrogen-bond donors (Lipinski definition) is 2. The summed E-state index contributed by atoms with van der Waals surface area (Å²) in [5.41, 5.74) is 3.27. The molecule has 7 nitrogen and oxygen atoms in total. The molecule has 1 aromatic rings. The molecule has 7 heteroatoms. The lowest BCUT2D eigenvalue weighted by Gasteiger charge is -2.15. The molecule has 26 heavy (non-hydrogen) atoms. The summed E-state index contributed by atoms with van der Waals surface area (Å²) in [4.78, 5) is 23.6. The van der Waals surface area contributed by atoms with Crippen LogP contribution in [0.5, 0.6) is 11.5 Å². The third-order valence-electron chi connectivity index (χ3n) is 4.70. The van der Waals surface area contributed by atoms with Gasteiger partial charge in [-0.1, -0.05) is 11.6 Å². The maximum atomic E-state index is 11.9. The molecule has 1 fully saturated rings. The van der Waals surface area contributed by atoms with Crippen molar-refractivity contribution in [2.75, 3.05) is 13.7 Å². The van der Waals surface area contributed by atoms with Crippen LogP contribution in [-0.2, 0) is 27.3 Å². The molecule has 0 unspecified atom stereocenters. The molecule has 140 valence electrons. The molecule has 1 saturated heterocycles. The van der Waals surface area contributed by atoms with E-state index < -0.39 is 5.97 Å². The Hall–Kier alpha value is -2.54. The number of methoxy groups -OCH3 is 1. The van der Waals surface area contributed by atoms with E-state index in [1.54, 1.807) is 0 Å². The molecular formula is C19H23NO6. The fraction of sp³-hybridized carbons (Fsp3) is 0.474. The van der Waals surface area contributed by atoms with Gasteiger partial charge in [0.1, 0.15) is 23.7 Å². The number of esters is 1. The van der Waals surface area contributed by atoms with E-state index in [0.717, 1.165) is 11.1 Å². The van der Waals surface area contributed by atoms with Crippen molar-refractivity contribution in [3.63, 3.8) is 0 Å². The first-order valence-corrected chi connectivity index (χ1v) is 8.57. The number of phenols is 1. The zero-order valence-corrected chi connectivity index (χ0v) is 15.2. The Morgan fingerprint density at radius 2 is 2.15 bits per heavy atom. The molecule has 0 radical (unpaired) electrons. The first-order valence-electron chi connectivity index (χ1n) is 8.57. The van der Waals surface area contributed by atoms with E-state index in [4.69, 9.17) is 14.2 Å². The van der Waals surface area contributed by atoms with E-state index in [0.29, 0.717) is 42.7 Å². The van der Waals surface area contributed by atoms with Crippen molar-refractivity contribution >= 4 is 11.9 Å². The van der Waals surface area contributed by atoms with Crippen molar-refractivity contribution in [2.45, 2.75) is 45.9 Å². The molecule has 0 aliphatic carbocycles. The van der Waals surface area contributed by atoms with Crippen molar-refractivity contribution < 1.29 is 28.9 Å². The van der Waals surface area contributed by atoms with Crippen LogP contribution in [-0.4, -0.2) is 36.9 Å². The summed E-state index contributed by atoms with van der Waals surface area (Å²) in [5.74, 6) is -0.0779. The van der Waals surface area contributed by atoms with Crippen molar-refractivity contribution in [3.8, 4) is 11.5 Å². The number of carbonyl (C=O) groups is 2. The van der Waals surface area contributed by atoms with Crippen molar-refractivity contribution in [3.05, 3.63) is 33.9 Å². The molecule has 2 aliphatic heterocycles. The van der Waals surface area contributed by atoms with Crippen LogP contribution >= 0.6 is 0 Å². The number of phenolic OH excluding ortho intramolecular Hbond substituents is 1. The molecule has 1 aromatic carbocycles. The number of amides is 1. The highest BCUT2D eigenvalue weighted by Crippen LogP contribution is 2.42. The number of ether oxygens (including phenoxy) is 3. The Balaban J connectivity index is 1.74. The molecular weight excluding hydrogens is 338 g/mol. The number of carbonyl (C=O) groups excluding carboxylic acids is 2. The van der Waals surface area contributed by atoms with Crippen LogP contribution in [0.25, 0.3) is 0 Å². The average molecular weight is 361 g/mol. The zero-order valence-electron chi connectivity index (χ0n) is 15.2. The van der Waals surface area contributed by atoms with Gasteiger partial charge < -0.3 is 24.6 Å². The monoisotopic (exact) mass is 361 g/mol. The van der Waals surface area contributed by atoms with Gasteiger partial charge in [0, 0.05) is 17.5 Å². The van der Waals surface area contributed by atoms with E-state index >= 15 is 0 Å². The van der Waals surface area contributed by atoms with Crippen LogP contribution in [0.3, 0.4) is 0 Å². The lowest BCUT2D eigenvalue weighted by atomic mass is 9.94. The first kappa shape index (κ1) is 18.3. The van der Waals surface area contributed by atoms with E-state index in [1.165, 1.54) is 7.11 Å². The number of aromatic hydroxyl groups is 1. The average Bonchev–Trinajstić information content (AvgIpc) is 3.33. The summed E-state index contributed by atoms with van der Waals surface area (Å²) in [6, 6.07) is 0. The van der Waals surface area contributed by atoms with Gasteiger partial charge in [-0.25, -0.2) is 4.79 Å². The fourth-order valence-electron chi connectivity index (χ4n) is 3.10. The van der Waals surface area contributed by atoms with Gasteiger partial charge in [-0.3, -0.25) is 4.79 Å². The third kappa shape index (κ3) is 3.67. The lowest BCUT2D eigenvalue weighted by Crippen LogP contribution is -2.25. The highest BCUT2D eigenvalue weighted by atomic mass is 16.6. The second-order valence-corrected chi connectivity index (χ2v) is 6.56. The maximum absolute atomic E-state index is 11.9. The summed E-state index contributed by atoms with van der Waals surface area (Å²) in [6.07, 6.45) is 3.19. The van der Waals surface area contributed by atoms with Crippen LogP contribution in [0.2, 0.25) is 0 Å². The van der Waals surface area contributed by atoms with Crippen molar-refractivity contribution in [1.82, 2.24) is 5.32 Å². The van der Waals surface area contributed by atoms with E-state index in [9.17, 15) is 14.7 Å². The number of benzene rings is 1. The first-order chi connectivity index (χ1) is 12.4. The Bertz CT molecular complexity index is 779. The molecule has 3 rings (SSSR count). The summed E-state index contributed by atoms with van der Waals surface area (Å²) in [7, 11) is 1.54. The smallest absolute Gasteiger partial charge is 0.342 e. The van der Waals surface area contributed by atoms with Crippen LogP contribution < -0.4 is 10.1 Å². The predicted molar refractivity (Wildman–Crippen MR) is 93.1 cm³/mol. The molecule has 2 N–H and O–H groups in total. The minimum atomic E-state index is -0.510. The van der Waals surface area contributed by atoms with E-state index in [2.05, 4.69) is 5.32 Å². The maximum Gasteiger partial charge on any atom is 0.342 e. The normalized spacial score (nSPS) is 18.3. The number of epoxide rings is 1.